The zero-order chi connectivity index (χ0) is 16.1. The van der Waals surface area contributed by atoms with Gasteiger partial charge in [-0.25, -0.2) is 0 Å². The summed E-state index contributed by atoms with van der Waals surface area (Å²) in [6, 6.07) is 7.86. The molecule has 2 rings (SSSR count). The number of hydrogen-bond acceptors (Lipinski definition) is 3. The molecular formula is C17H20BrN3O. The molecule has 116 valence electrons. The Bertz CT molecular complexity index is 671. The zero-order valence-corrected chi connectivity index (χ0v) is 14.6. The van der Waals surface area contributed by atoms with E-state index in [-0.39, 0.29) is 5.91 Å². The number of carbonyl (C=O) groups excluding carboxylic acids is 1. The van der Waals surface area contributed by atoms with Crippen LogP contribution in [0.1, 0.15) is 29.8 Å². The highest BCUT2D eigenvalue weighted by atomic mass is 79.9. The summed E-state index contributed by atoms with van der Waals surface area (Å²) in [4.78, 5) is 16.2. The fourth-order valence-electron chi connectivity index (χ4n) is 1.91. The molecule has 4 nitrogen and oxygen atoms in total. The van der Waals surface area contributed by atoms with E-state index in [2.05, 4.69) is 45.4 Å². The van der Waals surface area contributed by atoms with Crippen LogP contribution in [0.5, 0.6) is 0 Å². The van der Waals surface area contributed by atoms with Crippen molar-refractivity contribution in [3.8, 4) is 0 Å². The summed E-state index contributed by atoms with van der Waals surface area (Å²) in [5, 5.41) is 6.16. The van der Waals surface area contributed by atoms with Gasteiger partial charge in [0.05, 0.1) is 23.1 Å². The number of aromatic nitrogens is 1. The van der Waals surface area contributed by atoms with E-state index in [9.17, 15) is 4.79 Å². The molecule has 0 bridgehead atoms. The molecule has 1 amide bonds. The third-order valence-electron chi connectivity index (χ3n) is 3.07. The lowest BCUT2D eigenvalue weighted by Crippen LogP contribution is -2.27. The molecule has 2 N–H and O–H groups in total. The smallest absolute Gasteiger partial charge is 0.252 e. The number of nitrogens with zero attached hydrogens (tertiary/aromatic N) is 1. The number of nitrogens with one attached hydrogen (secondary N) is 2. The van der Waals surface area contributed by atoms with Gasteiger partial charge < -0.3 is 10.6 Å². The molecule has 0 spiro atoms. The minimum atomic E-state index is -0.104. The Morgan fingerprint density at radius 1 is 1.27 bits per heavy atom. The molecule has 0 aliphatic heterocycles. The van der Waals surface area contributed by atoms with Crippen molar-refractivity contribution in [1.29, 1.82) is 0 Å². The molecule has 0 fully saturated rings. The number of amides is 1. The lowest BCUT2D eigenvalue weighted by molar-refractivity contribution is 0.0948. The van der Waals surface area contributed by atoms with Crippen molar-refractivity contribution in [3.05, 3.63) is 52.3 Å². The van der Waals surface area contributed by atoms with Crippen molar-refractivity contribution >= 4 is 33.2 Å². The third kappa shape index (κ3) is 4.56. The minimum absolute atomic E-state index is 0.104. The topological polar surface area (TPSA) is 54.0 Å². The van der Waals surface area contributed by atoms with Gasteiger partial charge >= 0.3 is 0 Å². The Morgan fingerprint density at radius 3 is 2.73 bits per heavy atom. The quantitative estimate of drug-likeness (QED) is 0.835. The maximum atomic E-state index is 12.1. The Kier molecular flexibility index (Phi) is 5.55. The van der Waals surface area contributed by atoms with E-state index in [0.29, 0.717) is 18.0 Å². The molecule has 5 heteroatoms. The molecule has 1 heterocycles. The van der Waals surface area contributed by atoms with Crippen LogP contribution in [0, 0.1) is 12.8 Å². The van der Waals surface area contributed by atoms with Crippen LogP contribution < -0.4 is 10.6 Å². The van der Waals surface area contributed by atoms with E-state index in [4.69, 9.17) is 0 Å². The second-order valence-corrected chi connectivity index (χ2v) is 6.53. The van der Waals surface area contributed by atoms with E-state index in [1.54, 1.807) is 18.5 Å². The van der Waals surface area contributed by atoms with Crippen molar-refractivity contribution in [2.24, 2.45) is 5.92 Å². The number of hydrogen-bond donors (Lipinski definition) is 2. The zero-order valence-electron chi connectivity index (χ0n) is 13.0. The van der Waals surface area contributed by atoms with Gasteiger partial charge in [-0.2, -0.15) is 0 Å². The van der Waals surface area contributed by atoms with Gasteiger partial charge in [-0.15, -0.1) is 0 Å². The van der Waals surface area contributed by atoms with Crippen LogP contribution in [0.15, 0.2) is 41.1 Å². The number of anilines is 2. The van der Waals surface area contributed by atoms with Crippen molar-refractivity contribution in [2.75, 3.05) is 11.9 Å². The molecule has 1 aromatic carbocycles. The average Bonchev–Trinajstić information content (AvgIpc) is 2.48. The van der Waals surface area contributed by atoms with Crippen LogP contribution in [-0.2, 0) is 0 Å². The molecule has 2 aromatic rings. The highest BCUT2D eigenvalue weighted by Gasteiger charge is 2.08. The molecule has 0 atom stereocenters. The molecule has 0 unspecified atom stereocenters. The minimum Gasteiger partial charge on any atom is -0.353 e. The summed E-state index contributed by atoms with van der Waals surface area (Å²) in [6.07, 6.45) is 3.27. The fourth-order valence-corrected chi connectivity index (χ4v) is 2.50. The van der Waals surface area contributed by atoms with Crippen LogP contribution in [0.25, 0.3) is 0 Å². The van der Waals surface area contributed by atoms with Crippen molar-refractivity contribution in [2.45, 2.75) is 20.8 Å². The lowest BCUT2D eigenvalue weighted by atomic mass is 10.2. The summed E-state index contributed by atoms with van der Waals surface area (Å²) in [5.74, 6) is 0.314. The van der Waals surface area contributed by atoms with Crippen LogP contribution in [0.2, 0.25) is 0 Å². The molecular weight excluding hydrogens is 342 g/mol. The maximum absolute atomic E-state index is 12.1. The Balaban J connectivity index is 2.12. The second-order valence-electron chi connectivity index (χ2n) is 5.67. The SMILES string of the molecule is Cc1ccc(Nc2cncc(C(=O)NCC(C)C)c2)c(Br)c1. The number of halogens is 1. The number of aryl methyl sites for hydroxylation is 1. The first-order valence-electron chi connectivity index (χ1n) is 7.22. The highest BCUT2D eigenvalue weighted by molar-refractivity contribution is 9.10. The van der Waals surface area contributed by atoms with Gasteiger partial charge in [0.1, 0.15) is 0 Å². The molecule has 22 heavy (non-hydrogen) atoms. The Hall–Kier alpha value is -1.88. The summed E-state index contributed by atoms with van der Waals surface area (Å²) >= 11 is 3.53. The molecule has 0 radical (unpaired) electrons. The van der Waals surface area contributed by atoms with E-state index < -0.39 is 0 Å². The molecule has 0 saturated carbocycles. The number of carbonyl (C=O) groups is 1. The molecule has 0 saturated heterocycles. The first kappa shape index (κ1) is 16.5. The summed E-state index contributed by atoms with van der Waals surface area (Å²) < 4.78 is 0.974. The van der Waals surface area contributed by atoms with Crippen LogP contribution >= 0.6 is 15.9 Å². The first-order valence-corrected chi connectivity index (χ1v) is 8.01. The third-order valence-corrected chi connectivity index (χ3v) is 3.73. The number of rotatable bonds is 5. The van der Waals surface area contributed by atoms with Crippen LogP contribution in [-0.4, -0.2) is 17.4 Å². The maximum Gasteiger partial charge on any atom is 0.252 e. The Morgan fingerprint density at radius 2 is 2.05 bits per heavy atom. The summed E-state index contributed by atoms with van der Waals surface area (Å²) in [7, 11) is 0. The molecule has 0 aliphatic carbocycles. The summed E-state index contributed by atoms with van der Waals surface area (Å²) in [5.41, 5.74) is 3.44. The number of benzene rings is 1. The highest BCUT2D eigenvalue weighted by Crippen LogP contribution is 2.26. The van der Waals surface area contributed by atoms with E-state index in [1.807, 2.05) is 25.1 Å². The molecule has 1 aromatic heterocycles. The van der Waals surface area contributed by atoms with Crippen molar-refractivity contribution in [1.82, 2.24) is 10.3 Å². The van der Waals surface area contributed by atoms with E-state index in [0.717, 1.165) is 15.8 Å². The van der Waals surface area contributed by atoms with Crippen LogP contribution in [0.3, 0.4) is 0 Å². The molecule has 0 aliphatic rings. The van der Waals surface area contributed by atoms with Crippen molar-refractivity contribution in [3.63, 3.8) is 0 Å². The second kappa shape index (κ2) is 7.40. The fraction of sp³-hybridized carbons (Fsp3) is 0.294. The first-order chi connectivity index (χ1) is 10.5. The predicted octanol–water partition coefficient (Wildman–Crippen LogP) is 4.28. The normalized spacial score (nSPS) is 10.6. The largest absolute Gasteiger partial charge is 0.353 e. The van der Waals surface area contributed by atoms with E-state index >= 15 is 0 Å². The average molecular weight is 362 g/mol. The van der Waals surface area contributed by atoms with E-state index in [1.165, 1.54) is 5.56 Å². The van der Waals surface area contributed by atoms with Gasteiger partial charge in [-0.3, -0.25) is 9.78 Å². The lowest BCUT2D eigenvalue weighted by Gasteiger charge is -2.11. The van der Waals surface area contributed by atoms with Gasteiger partial charge in [-0.05, 0) is 52.5 Å². The van der Waals surface area contributed by atoms with Gasteiger partial charge in [0.2, 0.25) is 0 Å². The number of pyridine rings is 1. The van der Waals surface area contributed by atoms with Crippen molar-refractivity contribution < 1.29 is 4.79 Å². The summed E-state index contributed by atoms with van der Waals surface area (Å²) in [6.45, 7) is 6.81. The Labute approximate surface area is 139 Å². The van der Waals surface area contributed by atoms with Gasteiger partial charge in [0.15, 0.2) is 0 Å². The van der Waals surface area contributed by atoms with Gasteiger partial charge in [0, 0.05) is 17.2 Å². The van der Waals surface area contributed by atoms with Gasteiger partial charge in [0.25, 0.3) is 5.91 Å². The predicted molar refractivity (Wildman–Crippen MR) is 93.6 cm³/mol. The monoisotopic (exact) mass is 361 g/mol. The standard InChI is InChI=1S/C17H20BrN3O/c1-11(2)8-20-17(22)13-7-14(10-19-9-13)21-16-5-4-12(3)6-15(16)18/h4-7,9-11,21H,8H2,1-3H3,(H,20,22). The van der Waals surface area contributed by atoms with Crippen LogP contribution in [0.4, 0.5) is 11.4 Å². The van der Waals surface area contributed by atoms with Gasteiger partial charge in [-0.1, -0.05) is 19.9 Å².